The number of rotatable bonds is 4. The number of nitrogens with zero attached hydrogens (tertiary/aromatic N) is 3. The maximum absolute atomic E-state index is 12.4. The molecule has 0 unspecified atom stereocenters. The van der Waals surface area contributed by atoms with E-state index in [0.29, 0.717) is 24.1 Å². The fraction of sp³-hybridized carbons (Fsp3) is 0.353. The number of carbonyl (C=O) groups excluding carboxylic acids is 1. The van der Waals surface area contributed by atoms with Gasteiger partial charge in [-0.1, -0.05) is 23.7 Å². The number of carbonyl (C=O) groups is 1. The third-order valence-electron chi connectivity index (χ3n) is 4.01. The number of hydrogen-bond acceptors (Lipinski definition) is 4. The van der Waals surface area contributed by atoms with Gasteiger partial charge in [0, 0.05) is 37.1 Å². The van der Waals surface area contributed by atoms with Crippen molar-refractivity contribution in [1.82, 2.24) is 15.3 Å². The van der Waals surface area contributed by atoms with E-state index in [1.165, 1.54) is 0 Å². The average Bonchev–Trinajstić information content (AvgIpc) is 2.62. The molecule has 0 saturated carbocycles. The predicted octanol–water partition coefficient (Wildman–Crippen LogP) is 2.66. The molecule has 23 heavy (non-hydrogen) atoms. The van der Waals surface area contributed by atoms with Crippen LogP contribution in [0.25, 0.3) is 0 Å². The van der Waals surface area contributed by atoms with Gasteiger partial charge in [0.25, 0.3) is 0 Å². The van der Waals surface area contributed by atoms with Crippen LogP contribution in [0.4, 0.5) is 5.95 Å². The van der Waals surface area contributed by atoms with E-state index >= 15 is 0 Å². The summed E-state index contributed by atoms with van der Waals surface area (Å²) in [6, 6.07) is 9.31. The summed E-state index contributed by atoms with van der Waals surface area (Å²) in [4.78, 5) is 23.0. The maximum atomic E-state index is 12.4. The fourth-order valence-corrected chi connectivity index (χ4v) is 2.89. The van der Waals surface area contributed by atoms with Crippen LogP contribution in [0.5, 0.6) is 0 Å². The lowest BCUT2D eigenvalue weighted by Gasteiger charge is -2.31. The lowest BCUT2D eigenvalue weighted by molar-refractivity contribution is -0.125. The molecule has 2 aromatic rings. The van der Waals surface area contributed by atoms with Gasteiger partial charge in [0.15, 0.2) is 0 Å². The average molecular weight is 331 g/mol. The molecule has 0 aliphatic carbocycles. The van der Waals surface area contributed by atoms with E-state index in [1.54, 1.807) is 18.5 Å². The second-order valence-electron chi connectivity index (χ2n) is 5.68. The Kier molecular flexibility index (Phi) is 5.08. The van der Waals surface area contributed by atoms with Crippen LogP contribution in [0.3, 0.4) is 0 Å². The van der Waals surface area contributed by atoms with E-state index in [0.717, 1.165) is 24.9 Å². The van der Waals surface area contributed by atoms with Gasteiger partial charge >= 0.3 is 0 Å². The second kappa shape index (κ2) is 7.42. The first-order valence-electron chi connectivity index (χ1n) is 7.76. The van der Waals surface area contributed by atoms with Crippen LogP contribution in [-0.4, -0.2) is 29.0 Å². The standard InChI is InChI=1S/C17H19ClN4O/c18-15-6-4-13(5-7-15)11-21-16(23)14-3-1-10-22(12-14)17-19-8-2-9-20-17/h2,4-9,14H,1,3,10-12H2,(H,21,23)/t14-/m1/s1. The molecule has 1 saturated heterocycles. The van der Waals surface area contributed by atoms with Gasteiger partial charge in [-0.2, -0.15) is 0 Å². The molecule has 1 fully saturated rings. The highest BCUT2D eigenvalue weighted by Gasteiger charge is 2.26. The third-order valence-corrected chi connectivity index (χ3v) is 4.26. The summed E-state index contributed by atoms with van der Waals surface area (Å²) in [6.45, 7) is 2.08. The first-order valence-corrected chi connectivity index (χ1v) is 8.14. The zero-order valence-electron chi connectivity index (χ0n) is 12.8. The Morgan fingerprint density at radius 3 is 2.74 bits per heavy atom. The van der Waals surface area contributed by atoms with E-state index in [2.05, 4.69) is 20.2 Å². The monoisotopic (exact) mass is 330 g/mol. The molecular weight excluding hydrogens is 312 g/mol. The van der Waals surface area contributed by atoms with Crippen molar-refractivity contribution in [1.29, 1.82) is 0 Å². The molecule has 0 radical (unpaired) electrons. The molecule has 6 heteroatoms. The van der Waals surface area contributed by atoms with Crippen molar-refractivity contribution in [2.45, 2.75) is 19.4 Å². The SMILES string of the molecule is O=C(NCc1ccc(Cl)cc1)[C@@H]1CCCN(c2ncccn2)C1. The smallest absolute Gasteiger partial charge is 0.225 e. The Morgan fingerprint density at radius 1 is 1.26 bits per heavy atom. The summed E-state index contributed by atoms with van der Waals surface area (Å²) in [5.41, 5.74) is 1.04. The molecule has 1 aliphatic rings. The number of halogens is 1. The van der Waals surface area contributed by atoms with Gasteiger partial charge in [0.2, 0.25) is 11.9 Å². The fourth-order valence-electron chi connectivity index (χ4n) is 2.76. The zero-order chi connectivity index (χ0) is 16.1. The molecule has 1 aliphatic heterocycles. The Labute approximate surface area is 140 Å². The Morgan fingerprint density at radius 2 is 2.00 bits per heavy atom. The molecule has 5 nitrogen and oxygen atoms in total. The van der Waals surface area contributed by atoms with Crippen molar-refractivity contribution in [3.8, 4) is 0 Å². The first kappa shape index (κ1) is 15.7. The van der Waals surface area contributed by atoms with Crippen LogP contribution in [0.1, 0.15) is 18.4 Å². The van der Waals surface area contributed by atoms with E-state index in [-0.39, 0.29) is 11.8 Å². The largest absolute Gasteiger partial charge is 0.352 e. The Balaban J connectivity index is 1.55. The molecule has 2 heterocycles. The van der Waals surface area contributed by atoms with Crippen molar-refractivity contribution in [2.75, 3.05) is 18.0 Å². The van der Waals surface area contributed by atoms with E-state index in [1.807, 2.05) is 24.3 Å². The summed E-state index contributed by atoms with van der Waals surface area (Å²) in [7, 11) is 0. The lowest BCUT2D eigenvalue weighted by atomic mass is 9.97. The van der Waals surface area contributed by atoms with Gasteiger partial charge in [0.05, 0.1) is 5.92 Å². The van der Waals surface area contributed by atoms with Crippen LogP contribution in [0, 0.1) is 5.92 Å². The van der Waals surface area contributed by atoms with Gasteiger partial charge in [-0.05, 0) is 36.6 Å². The zero-order valence-corrected chi connectivity index (χ0v) is 13.5. The number of anilines is 1. The summed E-state index contributed by atoms with van der Waals surface area (Å²) >= 11 is 5.87. The summed E-state index contributed by atoms with van der Waals surface area (Å²) in [6.07, 6.45) is 5.33. The molecule has 0 spiro atoms. The number of benzene rings is 1. The molecule has 1 atom stereocenters. The number of piperidine rings is 1. The van der Waals surface area contributed by atoms with Crippen molar-refractivity contribution < 1.29 is 4.79 Å². The van der Waals surface area contributed by atoms with Gasteiger partial charge < -0.3 is 10.2 Å². The van der Waals surface area contributed by atoms with E-state index < -0.39 is 0 Å². The molecule has 120 valence electrons. The summed E-state index contributed by atoms with van der Waals surface area (Å²) in [5, 5.41) is 3.71. The Bertz CT molecular complexity index is 647. The van der Waals surface area contributed by atoms with Crippen LogP contribution >= 0.6 is 11.6 Å². The van der Waals surface area contributed by atoms with Crippen LogP contribution < -0.4 is 10.2 Å². The highest BCUT2D eigenvalue weighted by Crippen LogP contribution is 2.20. The quantitative estimate of drug-likeness (QED) is 0.936. The van der Waals surface area contributed by atoms with Crippen molar-refractivity contribution in [2.24, 2.45) is 5.92 Å². The number of nitrogens with one attached hydrogen (secondary N) is 1. The second-order valence-corrected chi connectivity index (χ2v) is 6.11. The van der Waals surface area contributed by atoms with Crippen LogP contribution in [0.2, 0.25) is 5.02 Å². The summed E-state index contributed by atoms with van der Waals surface area (Å²) in [5.74, 6) is 0.753. The number of amides is 1. The molecular formula is C17H19ClN4O. The normalized spacial score (nSPS) is 17.8. The Hall–Kier alpha value is -2.14. The summed E-state index contributed by atoms with van der Waals surface area (Å²) < 4.78 is 0. The predicted molar refractivity (Wildman–Crippen MR) is 90.3 cm³/mol. The topological polar surface area (TPSA) is 58.1 Å². The molecule has 3 rings (SSSR count). The van der Waals surface area contributed by atoms with Gasteiger partial charge in [-0.25, -0.2) is 9.97 Å². The highest BCUT2D eigenvalue weighted by molar-refractivity contribution is 6.30. The third kappa shape index (κ3) is 4.20. The lowest BCUT2D eigenvalue weighted by Crippen LogP contribution is -2.43. The molecule has 1 aromatic carbocycles. The molecule has 1 N–H and O–H groups in total. The number of aromatic nitrogens is 2. The van der Waals surface area contributed by atoms with Gasteiger partial charge in [-0.3, -0.25) is 4.79 Å². The highest BCUT2D eigenvalue weighted by atomic mass is 35.5. The molecule has 0 bridgehead atoms. The minimum atomic E-state index is -0.0279. The maximum Gasteiger partial charge on any atom is 0.225 e. The van der Waals surface area contributed by atoms with Crippen molar-refractivity contribution in [3.63, 3.8) is 0 Å². The van der Waals surface area contributed by atoms with Gasteiger partial charge in [-0.15, -0.1) is 0 Å². The minimum Gasteiger partial charge on any atom is -0.352 e. The van der Waals surface area contributed by atoms with Crippen molar-refractivity contribution in [3.05, 3.63) is 53.3 Å². The van der Waals surface area contributed by atoms with Crippen LogP contribution in [-0.2, 0) is 11.3 Å². The van der Waals surface area contributed by atoms with Gasteiger partial charge in [0.1, 0.15) is 0 Å². The van der Waals surface area contributed by atoms with E-state index in [4.69, 9.17) is 11.6 Å². The minimum absolute atomic E-state index is 0.0279. The van der Waals surface area contributed by atoms with Crippen molar-refractivity contribution >= 4 is 23.5 Å². The first-order chi connectivity index (χ1) is 11.2. The number of hydrogen-bond donors (Lipinski definition) is 1. The molecule has 1 aromatic heterocycles. The van der Waals surface area contributed by atoms with Crippen LogP contribution in [0.15, 0.2) is 42.7 Å². The van der Waals surface area contributed by atoms with E-state index in [9.17, 15) is 4.79 Å². The molecule has 1 amide bonds.